The minimum absolute atomic E-state index is 0.144. The molecule has 6 nitrogen and oxygen atoms in total. The lowest BCUT2D eigenvalue weighted by Crippen LogP contribution is -2.45. The molecule has 0 aliphatic carbocycles. The molecule has 0 saturated heterocycles. The van der Waals surface area contributed by atoms with Crippen LogP contribution in [0.1, 0.15) is 40.2 Å². The molecule has 0 spiro atoms. The Morgan fingerprint density at radius 2 is 2.00 bits per heavy atom. The van der Waals surface area contributed by atoms with Gasteiger partial charge in [0.05, 0.1) is 11.2 Å². The normalized spacial score (nSPS) is 19.0. The van der Waals surface area contributed by atoms with E-state index in [4.69, 9.17) is 10.2 Å². The quantitative estimate of drug-likeness (QED) is 0.737. The summed E-state index contributed by atoms with van der Waals surface area (Å²) in [5, 5.41) is 3.35. The fourth-order valence-electron chi connectivity index (χ4n) is 2.25. The predicted octanol–water partition coefficient (Wildman–Crippen LogP) is 1.57. The summed E-state index contributed by atoms with van der Waals surface area (Å²) in [6.45, 7) is 11.4. The zero-order chi connectivity index (χ0) is 15.8. The minimum atomic E-state index is -0.301. The Morgan fingerprint density at radius 3 is 2.62 bits per heavy atom. The number of aromatic nitrogens is 2. The van der Waals surface area contributed by atoms with E-state index in [-0.39, 0.29) is 28.1 Å². The summed E-state index contributed by atoms with van der Waals surface area (Å²) >= 11 is 0. The molecule has 0 saturated carbocycles. The van der Waals surface area contributed by atoms with Gasteiger partial charge in [0, 0.05) is 12.5 Å². The predicted molar refractivity (Wildman–Crippen MR) is 85.6 cm³/mol. The number of nitrogens with zero attached hydrogens (tertiary/aromatic N) is 1. The average Bonchev–Trinajstić information content (AvgIpc) is 2.35. The van der Waals surface area contributed by atoms with Gasteiger partial charge in [-0.05, 0) is 25.3 Å². The lowest BCUT2D eigenvalue weighted by molar-refractivity contribution is 0.0474. The summed E-state index contributed by atoms with van der Waals surface area (Å²) in [5.74, 6) is 0.961. The number of nitrogen functional groups attached to an aromatic ring is 1. The molecule has 0 bridgehead atoms. The molecule has 21 heavy (non-hydrogen) atoms. The molecule has 4 N–H and O–H groups in total. The molecule has 2 heterocycles. The van der Waals surface area contributed by atoms with Crippen LogP contribution in [-0.4, -0.2) is 31.9 Å². The Bertz CT molecular complexity index is 577. The van der Waals surface area contributed by atoms with Crippen molar-refractivity contribution >= 4 is 21.5 Å². The molecule has 2 rings (SSSR count). The lowest BCUT2D eigenvalue weighted by Gasteiger charge is -2.39. The highest BCUT2D eigenvalue weighted by molar-refractivity contribution is 6.31. The van der Waals surface area contributed by atoms with Crippen molar-refractivity contribution < 1.29 is 4.43 Å². The van der Waals surface area contributed by atoms with Gasteiger partial charge in [0.2, 0.25) is 15.7 Å². The third-order valence-electron chi connectivity index (χ3n) is 3.60. The molecule has 0 fully saturated rings. The van der Waals surface area contributed by atoms with Crippen molar-refractivity contribution in [3.05, 3.63) is 15.9 Å². The lowest BCUT2D eigenvalue weighted by atomic mass is 9.84. The molecule has 1 aliphatic heterocycles. The van der Waals surface area contributed by atoms with Crippen molar-refractivity contribution in [3.8, 4) is 0 Å². The smallest absolute Gasteiger partial charge is 0.257 e. The molecule has 0 aromatic carbocycles. The second-order valence-electron chi connectivity index (χ2n) is 7.12. The Kier molecular flexibility index (Phi) is 4.16. The monoisotopic (exact) mass is 308 g/mol. The largest absolute Gasteiger partial charge is 0.412 e. The van der Waals surface area contributed by atoms with Crippen molar-refractivity contribution in [2.24, 2.45) is 5.92 Å². The Labute approximate surface area is 127 Å². The van der Waals surface area contributed by atoms with Crippen LogP contribution in [0.5, 0.6) is 0 Å². The highest BCUT2D eigenvalue weighted by Crippen LogP contribution is 2.32. The summed E-state index contributed by atoms with van der Waals surface area (Å²) in [6, 6.07) is 0. The summed E-state index contributed by atoms with van der Waals surface area (Å²) in [6.07, 6.45) is 0.645. The number of hydrogen-bond acceptors (Lipinski definition) is 5. The van der Waals surface area contributed by atoms with E-state index in [1.807, 2.05) is 0 Å². The van der Waals surface area contributed by atoms with Crippen LogP contribution < -0.4 is 16.6 Å². The molecule has 7 heteroatoms. The number of aromatic amines is 1. The van der Waals surface area contributed by atoms with Gasteiger partial charge in [-0.25, -0.2) is 0 Å². The number of anilines is 2. The molecule has 0 amide bonds. The SMILES string of the molecule is CC(C)(C)[Si]OC(C)(C)C1CNc2nc(N)[nH]c(=O)c2C1. The van der Waals surface area contributed by atoms with Crippen molar-refractivity contribution in [2.45, 2.75) is 51.7 Å². The number of fused-ring (bicyclic) bond motifs is 1. The maximum absolute atomic E-state index is 12.0. The van der Waals surface area contributed by atoms with Gasteiger partial charge in [-0.15, -0.1) is 0 Å². The molecule has 1 atom stereocenters. The second kappa shape index (κ2) is 5.45. The number of nitrogens with two attached hydrogens (primary N) is 1. The standard InChI is InChI=1S/C14H24N4O2Si/c1-13(2,3)21-20-14(4,5)8-6-9-10(16-7-8)17-12(15)18-11(9)19/h8H,6-7H2,1-5H3,(H4,15,16,17,18,19). The third-order valence-corrected chi connectivity index (χ3v) is 4.84. The first-order chi connectivity index (χ1) is 9.58. The number of H-pyrrole nitrogens is 1. The van der Waals surface area contributed by atoms with Crippen LogP contribution in [0, 0.1) is 5.92 Å². The van der Waals surface area contributed by atoms with Crippen molar-refractivity contribution in [2.75, 3.05) is 17.6 Å². The van der Waals surface area contributed by atoms with Gasteiger partial charge in [0.15, 0.2) is 0 Å². The van der Waals surface area contributed by atoms with Crippen LogP contribution in [0.2, 0.25) is 5.04 Å². The zero-order valence-electron chi connectivity index (χ0n) is 13.3. The van der Waals surface area contributed by atoms with E-state index in [0.29, 0.717) is 27.6 Å². The van der Waals surface area contributed by atoms with Crippen LogP contribution in [0.4, 0.5) is 11.8 Å². The fourth-order valence-corrected chi connectivity index (χ4v) is 2.98. The third kappa shape index (κ3) is 3.85. The van der Waals surface area contributed by atoms with Crippen molar-refractivity contribution in [1.29, 1.82) is 0 Å². The fraction of sp³-hybridized carbons (Fsp3) is 0.714. The maximum atomic E-state index is 12.0. The van der Waals surface area contributed by atoms with Gasteiger partial charge in [-0.2, -0.15) is 4.98 Å². The average molecular weight is 308 g/mol. The van der Waals surface area contributed by atoms with Crippen LogP contribution in [-0.2, 0) is 10.8 Å². The first-order valence-corrected chi connectivity index (χ1v) is 8.07. The first kappa shape index (κ1) is 16.0. The molecule has 1 aromatic heterocycles. The van der Waals surface area contributed by atoms with E-state index in [1.54, 1.807) is 0 Å². The van der Waals surface area contributed by atoms with Gasteiger partial charge in [-0.3, -0.25) is 9.78 Å². The molecule has 1 aliphatic rings. The van der Waals surface area contributed by atoms with Crippen molar-refractivity contribution in [3.63, 3.8) is 0 Å². The van der Waals surface area contributed by atoms with Gasteiger partial charge >= 0.3 is 0 Å². The van der Waals surface area contributed by atoms with Gasteiger partial charge in [0.1, 0.15) is 5.82 Å². The van der Waals surface area contributed by atoms with E-state index in [2.05, 4.69) is 49.9 Å². The summed E-state index contributed by atoms with van der Waals surface area (Å²) < 4.78 is 6.14. The number of hydrogen-bond donors (Lipinski definition) is 3. The van der Waals surface area contributed by atoms with E-state index in [9.17, 15) is 4.79 Å². The zero-order valence-corrected chi connectivity index (χ0v) is 14.3. The molecular formula is C14H24N4O2Si. The molecule has 2 radical (unpaired) electrons. The minimum Gasteiger partial charge on any atom is -0.412 e. The highest BCUT2D eigenvalue weighted by atomic mass is 28.2. The Hall–Kier alpha value is -1.34. The molecule has 1 aromatic rings. The van der Waals surface area contributed by atoms with Crippen LogP contribution in [0.25, 0.3) is 0 Å². The van der Waals surface area contributed by atoms with Gasteiger partial charge in [0.25, 0.3) is 5.56 Å². The van der Waals surface area contributed by atoms with Crippen LogP contribution in [0.15, 0.2) is 4.79 Å². The highest BCUT2D eigenvalue weighted by Gasteiger charge is 2.36. The number of rotatable bonds is 3. The molecule has 116 valence electrons. The number of nitrogens with one attached hydrogen (secondary N) is 2. The maximum Gasteiger partial charge on any atom is 0.257 e. The Balaban J connectivity index is 2.15. The van der Waals surface area contributed by atoms with Crippen LogP contribution >= 0.6 is 0 Å². The van der Waals surface area contributed by atoms with Gasteiger partial charge < -0.3 is 15.5 Å². The van der Waals surface area contributed by atoms with E-state index >= 15 is 0 Å². The van der Waals surface area contributed by atoms with E-state index in [0.717, 1.165) is 6.54 Å². The summed E-state index contributed by atoms with van der Waals surface area (Å²) in [7, 11) is 0.416. The van der Waals surface area contributed by atoms with E-state index in [1.165, 1.54) is 0 Å². The van der Waals surface area contributed by atoms with Crippen molar-refractivity contribution in [1.82, 2.24) is 9.97 Å². The topological polar surface area (TPSA) is 93.0 Å². The Morgan fingerprint density at radius 1 is 1.33 bits per heavy atom. The summed E-state index contributed by atoms with van der Waals surface area (Å²) in [4.78, 5) is 18.7. The molecule has 1 unspecified atom stereocenters. The molecular weight excluding hydrogens is 284 g/mol. The van der Waals surface area contributed by atoms with Gasteiger partial charge in [-0.1, -0.05) is 20.8 Å². The second-order valence-corrected chi connectivity index (χ2v) is 9.03. The van der Waals surface area contributed by atoms with E-state index < -0.39 is 0 Å². The first-order valence-electron chi connectivity index (χ1n) is 7.16. The van der Waals surface area contributed by atoms with Crippen LogP contribution in [0.3, 0.4) is 0 Å². The summed E-state index contributed by atoms with van der Waals surface area (Å²) in [5.41, 5.74) is 5.77.